The van der Waals surface area contributed by atoms with E-state index in [0.29, 0.717) is 25.1 Å². The molecule has 1 fully saturated rings. The lowest BCUT2D eigenvalue weighted by molar-refractivity contribution is 0.0236. The number of halogens is 1. The van der Waals surface area contributed by atoms with Gasteiger partial charge >= 0.3 is 0 Å². The Morgan fingerprint density at radius 3 is 2.79 bits per heavy atom. The molecule has 108 valence electrons. The number of rotatable bonds is 6. The Labute approximate surface area is 121 Å². The highest BCUT2D eigenvalue weighted by Gasteiger charge is 2.34. The summed E-state index contributed by atoms with van der Waals surface area (Å²) in [6, 6.07) is 1.46. The maximum atomic E-state index is 12.2. The summed E-state index contributed by atoms with van der Waals surface area (Å²) in [7, 11) is -0.157. The van der Waals surface area contributed by atoms with Crippen molar-refractivity contribution < 1.29 is 17.6 Å². The number of furan rings is 1. The van der Waals surface area contributed by atoms with Crippen molar-refractivity contribution in [1.82, 2.24) is 10.0 Å². The maximum absolute atomic E-state index is 12.2. The van der Waals surface area contributed by atoms with Crippen LogP contribution < -0.4 is 10.0 Å². The summed E-state index contributed by atoms with van der Waals surface area (Å²) in [6.07, 6.45) is 1.56. The summed E-state index contributed by atoms with van der Waals surface area (Å²) in [5.74, 6) is 0.568. The summed E-state index contributed by atoms with van der Waals surface area (Å²) in [5, 5.41) is 2.91. The molecule has 0 amide bonds. The third-order valence-electron chi connectivity index (χ3n) is 3.10. The van der Waals surface area contributed by atoms with Crippen LogP contribution in [-0.4, -0.2) is 34.7 Å². The number of methoxy groups -OCH3 is 1. The minimum absolute atomic E-state index is 0.0653. The summed E-state index contributed by atoms with van der Waals surface area (Å²) < 4.78 is 37.7. The van der Waals surface area contributed by atoms with Crippen LogP contribution in [0.15, 0.2) is 20.0 Å². The number of sulfonamides is 1. The lowest BCUT2D eigenvalue weighted by Gasteiger charge is -2.34. The molecule has 19 heavy (non-hydrogen) atoms. The largest absolute Gasteiger partial charge is 0.452 e. The fourth-order valence-corrected chi connectivity index (χ4v) is 4.24. The average molecular weight is 353 g/mol. The van der Waals surface area contributed by atoms with E-state index in [-0.39, 0.29) is 21.7 Å². The van der Waals surface area contributed by atoms with Crippen LogP contribution in [0.3, 0.4) is 0 Å². The molecular formula is C11H17BrN2O4S. The zero-order valence-corrected chi connectivity index (χ0v) is 13.2. The molecule has 1 aliphatic rings. The Balaban J connectivity index is 2.07. The molecule has 0 unspecified atom stereocenters. The van der Waals surface area contributed by atoms with Crippen molar-refractivity contribution in [3.8, 4) is 0 Å². The van der Waals surface area contributed by atoms with Crippen LogP contribution in [0.1, 0.15) is 18.6 Å². The van der Waals surface area contributed by atoms with Gasteiger partial charge in [-0.2, -0.15) is 0 Å². The standard InChI is InChI=1S/C11H17BrN2O4S/c1-13-6-9-5-10(11(12)18-9)19(15,16)14-7-3-8(4-7)17-2/h5,7-8,13-14H,3-4,6H2,1-2H3. The van der Waals surface area contributed by atoms with E-state index in [9.17, 15) is 8.42 Å². The van der Waals surface area contributed by atoms with Crippen molar-refractivity contribution in [2.45, 2.75) is 36.4 Å². The third-order valence-corrected chi connectivity index (χ3v) is 5.47. The molecule has 0 spiro atoms. The summed E-state index contributed by atoms with van der Waals surface area (Å²) in [4.78, 5) is 0.138. The zero-order valence-electron chi connectivity index (χ0n) is 10.8. The Hall–Kier alpha value is -0.410. The molecule has 2 N–H and O–H groups in total. The number of nitrogens with one attached hydrogen (secondary N) is 2. The van der Waals surface area contributed by atoms with Gasteiger partial charge in [0.15, 0.2) is 4.67 Å². The van der Waals surface area contributed by atoms with Crippen LogP contribution in [0.5, 0.6) is 0 Å². The van der Waals surface area contributed by atoms with Gasteiger partial charge in [0, 0.05) is 19.2 Å². The monoisotopic (exact) mass is 352 g/mol. The van der Waals surface area contributed by atoms with Crippen molar-refractivity contribution >= 4 is 26.0 Å². The van der Waals surface area contributed by atoms with Crippen LogP contribution in [0, 0.1) is 0 Å². The highest BCUT2D eigenvalue weighted by Crippen LogP contribution is 2.29. The maximum Gasteiger partial charge on any atom is 0.245 e. The molecule has 0 saturated heterocycles. The first-order valence-electron chi connectivity index (χ1n) is 5.94. The second-order valence-electron chi connectivity index (χ2n) is 4.53. The zero-order chi connectivity index (χ0) is 14.0. The normalized spacial score (nSPS) is 23.3. The Morgan fingerprint density at radius 2 is 2.21 bits per heavy atom. The molecule has 1 saturated carbocycles. The van der Waals surface area contributed by atoms with E-state index < -0.39 is 10.0 Å². The molecule has 0 bridgehead atoms. The fraction of sp³-hybridized carbons (Fsp3) is 0.636. The quantitative estimate of drug-likeness (QED) is 0.804. The third kappa shape index (κ3) is 3.38. The summed E-state index contributed by atoms with van der Waals surface area (Å²) in [5.41, 5.74) is 0. The molecule has 2 rings (SSSR count). The molecule has 6 nitrogen and oxygen atoms in total. The predicted octanol–water partition coefficient (Wildman–Crippen LogP) is 1.22. The van der Waals surface area contributed by atoms with Crippen molar-refractivity contribution in [2.24, 2.45) is 0 Å². The molecule has 1 aromatic rings. The lowest BCUT2D eigenvalue weighted by Crippen LogP contribution is -2.47. The fourth-order valence-electron chi connectivity index (χ4n) is 1.98. The van der Waals surface area contributed by atoms with Crippen molar-refractivity contribution in [1.29, 1.82) is 0 Å². The van der Waals surface area contributed by atoms with Crippen molar-refractivity contribution in [3.05, 3.63) is 16.5 Å². The topological polar surface area (TPSA) is 80.6 Å². The molecule has 1 aromatic heterocycles. The Morgan fingerprint density at radius 1 is 1.53 bits per heavy atom. The van der Waals surface area contributed by atoms with Gasteiger partial charge in [-0.05, 0) is 35.8 Å². The minimum Gasteiger partial charge on any atom is -0.452 e. The number of ether oxygens (including phenoxy) is 1. The van der Waals surface area contributed by atoms with Gasteiger partial charge < -0.3 is 14.5 Å². The first-order valence-corrected chi connectivity index (χ1v) is 8.22. The predicted molar refractivity (Wildman–Crippen MR) is 73.3 cm³/mol. The smallest absolute Gasteiger partial charge is 0.245 e. The van der Waals surface area contributed by atoms with E-state index in [4.69, 9.17) is 9.15 Å². The second kappa shape index (κ2) is 5.92. The molecule has 0 aliphatic heterocycles. The van der Waals surface area contributed by atoms with Crippen LogP contribution in [-0.2, 0) is 21.3 Å². The Bertz CT molecular complexity index is 537. The van der Waals surface area contributed by atoms with Gasteiger partial charge in [-0.25, -0.2) is 13.1 Å². The molecular weight excluding hydrogens is 336 g/mol. The molecule has 1 heterocycles. The van der Waals surface area contributed by atoms with Gasteiger partial charge in [-0.3, -0.25) is 0 Å². The first-order chi connectivity index (χ1) is 8.96. The highest BCUT2D eigenvalue weighted by atomic mass is 79.9. The van der Waals surface area contributed by atoms with E-state index in [1.807, 2.05) is 0 Å². The molecule has 8 heteroatoms. The molecule has 0 radical (unpaired) electrons. The summed E-state index contributed by atoms with van der Waals surface area (Å²) in [6.45, 7) is 0.475. The molecule has 0 aromatic carbocycles. The van der Waals surface area contributed by atoms with Gasteiger partial charge in [0.25, 0.3) is 0 Å². The van der Waals surface area contributed by atoms with E-state index in [1.54, 1.807) is 14.2 Å². The minimum atomic E-state index is -3.55. The average Bonchev–Trinajstić information content (AvgIpc) is 2.65. The van der Waals surface area contributed by atoms with E-state index in [2.05, 4.69) is 26.0 Å². The number of hydrogen-bond acceptors (Lipinski definition) is 5. The second-order valence-corrected chi connectivity index (χ2v) is 6.93. The van der Waals surface area contributed by atoms with Gasteiger partial charge in [-0.1, -0.05) is 0 Å². The highest BCUT2D eigenvalue weighted by molar-refractivity contribution is 9.10. The van der Waals surface area contributed by atoms with Gasteiger partial charge in [0.1, 0.15) is 10.7 Å². The SMILES string of the molecule is CNCc1cc(S(=O)(=O)NC2CC(OC)C2)c(Br)o1. The van der Waals surface area contributed by atoms with Crippen molar-refractivity contribution in [2.75, 3.05) is 14.2 Å². The van der Waals surface area contributed by atoms with Gasteiger partial charge in [0.2, 0.25) is 10.0 Å². The van der Waals surface area contributed by atoms with E-state index in [0.717, 1.165) is 0 Å². The van der Waals surface area contributed by atoms with Gasteiger partial charge in [-0.15, -0.1) is 0 Å². The van der Waals surface area contributed by atoms with Crippen LogP contribution in [0.2, 0.25) is 0 Å². The number of hydrogen-bond donors (Lipinski definition) is 2. The lowest BCUT2D eigenvalue weighted by atomic mass is 9.90. The summed E-state index contributed by atoms with van der Waals surface area (Å²) >= 11 is 3.14. The van der Waals surface area contributed by atoms with Crippen LogP contribution >= 0.6 is 15.9 Å². The van der Waals surface area contributed by atoms with Crippen LogP contribution in [0.4, 0.5) is 0 Å². The molecule has 0 atom stereocenters. The van der Waals surface area contributed by atoms with Crippen molar-refractivity contribution in [3.63, 3.8) is 0 Å². The van der Waals surface area contributed by atoms with Gasteiger partial charge in [0.05, 0.1) is 12.6 Å². The molecule has 1 aliphatic carbocycles. The Kier molecular flexibility index (Phi) is 4.67. The first kappa shape index (κ1) is 15.0. The van der Waals surface area contributed by atoms with Crippen LogP contribution in [0.25, 0.3) is 0 Å². The van der Waals surface area contributed by atoms with E-state index >= 15 is 0 Å². The van der Waals surface area contributed by atoms with E-state index in [1.165, 1.54) is 6.07 Å².